The van der Waals surface area contributed by atoms with E-state index in [0.29, 0.717) is 37.3 Å². The molecule has 2 aliphatic rings. The van der Waals surface area contributed by atoms with Crippen LogP contribution in [0.3, 0.4) is 0 Å². The number of para-hydroxylation sites is 2. The molecule has 1 N–H and O–H groups in total. The molecule has 0 radical (unpaired) electrons. The average Bonchev–Trinajstić information content (AvgIpc) is 2.83. The van der Waals surface area contributed by atoms with Crippen LogP contribution in [0.25, 0.3) is 0 Å². The van der Waals surface area contributed by atoms with E-state index in [1.54, 1.807) is 30.3 Å². The van der Waals surface area contributed by atoms with Crippen molar-refractivity contribution in [3.05, 3.63) is 95.6 Å². The number of hydrogen-bond acceptors (Lipinski definition) is 3. The maximum Gasteiger partial charge on any atom is 0.225 e. The molecule has 2 atom stereocenters. The van der Waals surface area contributed by atoms with Gasteiger partial charge in [0.1, 0.15) is 11.6 Å². The summed E-state index contributed by atoms with van der Waals surface area (Å²) in [6.45, 7) is 2.07. The second-order valence-electron chi connectivity index (χ2n) is 8.41. The first-order chi connectivity index (χ1) is 15.6. The number of piperazine rings is 1. The van der Waals surface area contributed by atoms with Crippen LogP contribution >= 0.6 is 0 Å². The highest BCUT2D eigenvalue weighted by molar-refractivity contribution is 5.82. The Bertz CT molecular complexity index is 1140. The van der Waals surface area contributed by atoms with Gasteiger partial charge in [0.2, 0.25) is 5.91 Å². The lowest BCUT2D eigenvalue weighted by atomic mass is 9.83. The van der Waals surface area contributed by atoms with Gasteiger partial charge in [-0.2, -0.15) is 0 Å². The largest absolute Gasteiger partial charge is 0.365 e. The number of carbonyl (C=O) groups excluding carboxylic acids is 1. The fourth-order valence-electron chi connectivity index (χ4n) is 4.94. The number of nitrogens with one attached hydrogen (secondary N) is 1. The third-order valence-electron chi connectivity index (χ3n) is 6.56. The molecule has 2 heterocycles. The fourth-order valence-corrected chi connectivity index (χ4v) is 4.94. The molecule has 0 spiro atoms. The van der Waals surface area contributed by atoms with Crippen molar-refractivity contribution in [1.82, 2.24) is 5.32 Å². The summed E-state index contributed by atoms with van der Waals surface area (Å²) in [5.74, 6) is -0.996. The van der Waals surface area contributed by atoms with Gasteiger partial charge in [0.05, 0.1) is 17.6 Å². The van der Waals surface area contributed by atoms with E-state index in [4.69, 9.17) is 0 Å². The second kappa shape index (κ2) is 8.61. The number of benzene rings is 3. The topological polar surface area (TPSA) is 35.6 Å². The molecule has 1 saturated heterocycles. The summed E-state index contributed by atoms with van der Waals surface area (Å²) in [6, 6.07) is 21.3. The van der Waals surface area contributed by atoms with Crippen molar-refractivity contribution < 1.29 is 13.6 Å². The fraction of sp³-hybridized carbons (Fsp3) is 0.269. The van der Waals surface area contributed by atoms with E-state index in [0.717, 1.165) is 11.3 Å². The summed E-state index contributed by atoms with van der Waals surface area (Å²) in [6.07, 6.45) is 0.603. The number of carbonyl (C=O) groups is 1. The van der Waals surface area contributed by atoms with Crippen molar-refractivity contribution in [1.29, 1.82) is 0 Å². The zero-order valence-corrected chi connectivity index (χ0v) is 17.7. The van der Waals surface area contributed by atoms with E-state index >= 15 is 0 Å². The summed E-state index contributed by atoms with van der Waals surface area (Å²) >= 11 is 0. The molecular weight excluding hydrogens is 408 g/mol. The van der Waals surface area contributed by atoms with E-state index in [1.807, 2.05) is 23.1 Å². The van der Waals surface area contributed by atoms with Gasteiger partial charge < -0.3 is 15.1 Å². The molecule has 3 aromatic carbocycles. The number of halogens is 2. The number of hydrogen-bond donors (Lipinski definition) is 1. The van der Waals surface area contributed by atoms with E-state index < -0.39 is 0 Å². The molecule has 0 saturated carbocycles. The van der Waals surface area contributed by atoms with Crippen LogP contribution < -0.4 is 15.1 Å². The zero-order chi connectivity index (χ0) is 22.1. The van der Waals surface area contributed by atoms with Gasteiger partial charge in [-0.25, -0.2) is 8.78 Å². The van der Waals surface area contributed by atoms with Gasteiger partial charge in [-0.15, -0.1) is 0 Å². The number of amides is 1. The summed E-state index contributed by atoms with van der Waals surface area (Å²) in [7, 11) is 0. The Morgan fingerprint density at radius 1 is 0.875 bits per heavy atom. The number of anilines is 2. The van der Waals surface area contributed by atoms with Gasteiger partial charge in [0.25, 0.3) is 0 Å². The van der Waals surface area contributed by atoms with Crippen LogP contribution in [0.5, 0.6) is 0 Å². The smallest absolute Gasteiger partial charge is 0.225 e. The van der Waals surface area contributed by atoms with Crippen molar-refractivity contribution in [2.45, 2.75) is 19.0 Å². The average molecular weight is 434 g/mol. The molecule has 5 rings (SSSR count). The van der Waals surface area contributed by atoms with Gasteiger partial charge in [-0.3, -0.25) is 4.79 Å². The van der Waals surface area contributed by atoms with Crippen molar-refractivity contribution in [3.8, 4) is 0 Å². The number of nitrogens with zero attached hydrogens (tertiary/aromatic N) is 2. The SMILES string of the molecule is O=C(NCc1ccccc1F)[C@@H]1Cc2ccccc2N2CCN(c3ccccc3F)C[C@@H]12. The van der Waals surface area contributed by atoms with Crippen LogP contribution in [0.1, 0.15) is 11.1 Å². The minimum Gasteiger partial charge on any atom is -0.365 e. The third-order valence-corrected chi connectivity index (χ3v) is 6.56. The van der Waals surface area contributed by atoms with Crippen LogP contribution in [0.4, 0.5) is 20.2 Å². The highest BCUT2D eigenvalue weighted by atomic mass is 19.1. The van der Waals surface area contributed by atoms with E-state index in [1.165, 1.54) is 12.1 Å². The molecule has 164 valence electrons. The Morgan fingerprint density at radius 3 is 2.34 bits per heavy atom. The lowest BCUT2D eigenvalue weighted by Crippen LogP contribution is -2.61. The van der Waals surface area contributed by atoms with Crippen molar-refractivity contribution >= 4 is 17.3 Å². The lowest BCUT2D eigenvalue weighted by Gasteiger charge is -2.49. The van der Waals surface area contributed by atoms with E-state index in [9.17, 15) is 13.6 Å². The molecule has 0 unspecified atom stereocenters. The predicted octanol–water partition coefficient (Wildman–Crippen LogP) is 4.15. The molecule has 6 heteroatoms. The van der Waals surface area contributed by atoms with Crippen molar-refractivity contribution in [3.63, 3.8) is 0 Å². The van der Waals surface area contributed by atoms with Crippen LogP contribution in [-0.4, -0.2) is 31.6 Å². The lowest BCUT2D eigenvalue weighted by molar-refractivity contribution is -0.126. The second-order valence-corrected chi connectivity index (χ2v) is 8.41. The molecule has 0 bridgehead atoms. The molecular formula is C26H25F2N3O. The molecule has 0 aliphatic carbocycles. The molecule has 4 nitrogen and oxygen atoms in total. The molecule has 32 heavy (non-hydrogen) atoms. The standard InChI is InChI=1S/C26H25F2N3O/c27-21-9-3-1-8-19(21)16-29-26(32)20-15-18-7-2-5-11-23(18)31-14-13-30(17-25(20)31)24-12-6-4-10-22(24)28/h1-12,20,25H,13-17H2,(H,29,32)/t20-,25+/m1/s1. The van der Waals surface area contributed by atoms with Gasteiger partial charge in [-0.05, 0) is 36.2 Å². The maximum absolute atomic E-state index is 14.5. The van der Waals surface area contributed by atoms with Gasteiger partial charge in [0.15, 0.2) is 0 Å². The Labute approximate surface area is 186 Å². The first kappa shape index (κ1) is 20.5. The van der Waals surface area contributed by atoms with Gasteiger partial charge >= 0.3 is 0 Å². The molecule has 1 amide bonds. The minimum absolute atomic E-state index is 0.0983. The monoisotopic (exact) mass is 433 g/mol. The number of rotatable bonds is 4. The zero-order valence-electron chi connectivity index (χ0n) is 17.7. The van der Waals surface area contributed by atoms with Crippen LogP contribution in [-0.2, 0) is 17.8 Å². The summed E-state index contributed by atoms with van der Waals surface area (Å²) in [4.78, 5) is 17.6. The van der Waals surface area contributed by atoms with Crippen molar-refractivity contribution in [2.75, 3.05) is 29.4 Å². The summed E-state index contributed by atoms with van der Waals surface area (Å²) < 4.78 is 28.5. The Balaban J connectivity index is 1.41. The first-order valence-corrected chi connectivity index (χ1v) is 11.0. The third kappa shape index (κ3) is 3.81. The van der Waals surface area contributed by atoms with Crippen molar-refractivity contribution in [2.24, 2.45) is 5.92 Å². The highest BCUT2D eigenvalue weighted by Crippen LogP contribution is 2.37. The Morgan fingerprint density at radius 2 is 1.56 bits per heavy atom. The van der Waals surface area contributed by atoms with E-state index in [-0.39, 0.29) is 36.0 Å². The summed E-state index contributed by atoms with van der Waals surface area (Å²) in [5.41, 5.74) is 3.31. The maximum atomic E-state index is 14.5. The highest BCUT2D eigenvalue weighted by Gasteiger charge is 2.41. The van der Waals surface area contributed by atoms with Crippen LogP contribution in [0.15, 0.2) is 72.8 Å². The minimum atomic E-state index is -0.327. The Kier molecular flexibility index (Phi) is 5.52. The van der Waals surface area contributed by atoms with Gasteiger partial charge in [0, 0.05) is 37.4 Å². The molecule has 1 fully saturated rings. The van der Waals surface area contributed by atoms with Gasteiger partial charge in [-0.1, -0.05) is 48.5 Å². The van der Waals surface area contributed by atoms with Crippen LogP contribution in [0.2, 0.25) is 0 Å². The molecule has 2 aliphatic heterocycles. The molecule has 3 aromatic rings. The predicted molar refractivity (Wildman–Crippen MR) is 122 cm³/mol. The quantitative estimate of drug-likeness (QED) is 0.672. The normalized spacial score (nSPS) is 19.8. The number of fused-ring (bicyclic) bond motifs is 3. The van der Waals surface area contributed by atoms with E-state index in [2.05, 4.69) is 22.3 Å². The van der Waals surface area contributed by atoms with Crippen LogP contribution in [0, 0.1) is 17.6 Å². The Hall–Kier alpha value is -3.41. The summed E-state index contributed by atoms with van der Waals surface area (Å²) in [5, 5.41) is 2.94. The molecule has 0 aromatic heterocycles. The first-order valence-electron chi connectivity index (χ1n) is 11.0.